The van der Waals surface area contributed by atoms with Crippen LogP contribution in [0.15, 0.2) is 69.9 Å². The van der Waals surface area contributed by atoms with Crippen LogP contribution < -0.4 is 14.4 Å². The molecule has 146 valence electrons. The number of rotatable bonds is 5. The number of halogens is 1. The van der Waals surface area contributed by atoms with Gasteiger partial charge in [0.05, 0.1) is 4.70 Å². The van der Waals surface area contributed by atoms with E-state index in [4.69, 9.17) is 25.5 Å². The van der Waals surface area contributed by atoms with Crippen molar-refractivity contribution in [3.63, 3.8) is 0 Å². The number of carbonyl (C=O) groups is 1. The van der Waals surface area contributed by atoms with Crippen molar-refractivity contribution in [1.29, 1.82) is 0 Å². The third-order valence-corrected chi connectivity index (χ3v) is 5.31. The van der Waals surface area contributed by atoms with Crippen molar-refractivity contribution in [2.24, 2.45) is 0 Å². The van der Waals surface area contributed by atoms with Crippen molar-refractivity contribution in [2.75, 3.05) is 6.61 Å². The fourth-order valence-electron chi connectivity index (χ4n) is 2.82. The summed E-state index contributed by atoms with van der Waals surface area (Å²) >= 11 is 6.94. The average Bonchev–Trinajstić information content (AvgIpc) is 3.08. The number of hydrogen-bond acceptors (Lipinski definition) is 6. The Balaban J connectivity index is 1.63. The van der Waals surface area contributed by atoms with Crippen LogP contribution in [-0.4, -0.2) is 12.6 Å². The van der Waals surface area contributed by atoms with E-state index >= 15 is 0 Å². The first-order valence-electron chi connectivity index (χ1n) is 8.72. The molecule has 0 spiro atoms. The zero-order valence-electron chi connectivity index (χ0n) is 15.3. The number of ether oxygens (including phenoxy) is 2. The molecule has 7 heteroatoms. The number of benzene rings is 3. The molecule has 0 aliphatic carbocycles. The van der Waals surface area contributed by atoms with E-state index in [0.717, 1.165) is 22.5 Å². The zero-order valence-corrected chi connectivity index (χ0v) is 16.9. The molecule has 29 heavy (non-hydrogen) atoms. The number of hydrogen-bond donors (Lipinski definition) is 0. The standard InChI is InChI=1S/C22H15ClO5S/c1-13-2-8-16(9-3-13)26-12-19(24)27-17-10-11-18-21(29-22(25)28-18)20(17)14-4-6-15(23)7-5-14/h2-11H,12H2,1H3. The van der Waals surface area contributed by atoms with Crippen LogP contribution in [0.5, 0.6) is 11.5 Å². The molecule has 0 fully saturated rings. The lowest BCUT2D eigenvalue weighted by Crippen LogP contribution is -2.18. The Bertz CT molecular complexity index is 1220. The lowest BCUT2D eigenvalue weighted by atomic mass is 10.0. The largest absolute Gasteiger partial charge is 0.482 e. The quantitative estimate of drug-likeness (QED) is 0.313. The molecule has 4 aromatic rings. The van der Waals surface area contributed by atoms with Gasteiger partial charge in [0.25, 0.3) is 0 Å². The molecular formula is C22H15ClO5S. The van der Waals surface area contributed by atoms with Gasteiger partial charge < -0.3 is 13.9 Å². The Hall–Kier alpha value is -3.09. The molecule has 3 aromatic carbocycles. The maximum absolute atomic E-state index is 12.4. The molecule has 4 rings (SSSR count). The average molecular weight is 427 g/mol. The van der Waals surface area contributed by atoms with Gasteiger partial charge in [-0.3, -0.25) is 0 Å². The summed E-state index contributed by atoms with van der Waals surface area (Å²) < 4.78 is 16.8. The predicted octanol–water partition coefficient (Wildman–Crippen LogP) is 5.47. The van der Waals surface area contributed by atoms with Crippen LogP contribution in [0.4, 0.5) is 0 Å². The highest BCUT2D eigenvalue weighted by Crippen LogP contribution is 2.39. The van der Waals surface area contributed by atoms with Gasteiger partial charge in [0.15, 0.2) is 6.61 Å². The summed E-state index contributed by atoms with van der Waals surface area (Å²) in [5, 5.41) is 0.575. The van der Waals surface area contributed by atoms with Crippen molar-refractivity contribution < 1.29 is 18.7 Å². The summed E-state index contributed by atoms with van der Waals surface area (Å²) in [6, 6.07) is 17.6. The second kappa shape index (κ2) is 8.11. The second-order valence-electron chi connectivity index (χ2n) is 6.30. The summed E-state index contributed by atoms with van der Waals surface area (Å²) in [5.74, 6) is 0.333. The SMILES string of the molecule is Cc1ccc(OCC(=O)Oc2ccc3oc(=O)sc3c2-c2ccc(Cl)cc2)cc1. The summed E-state index contributed by atoms with van der Waals surface area (Å²) in [7, 11) is 0. The number of aryl methyl sites for hydroxylation is 1. The van der Waals surface area contributed by atoms with Crippen molar-refractivity contribution in [3.8, 4) is 22.6 Å². The van der Waals surface area contributed by atoms with Gasteiger partial charge in [0, 0.05) is 10.6 Å². The highest BCUT2D eigenvalue weighted by Gasteiger charge is 2.18. The van der Waals surface area contributed by atoms with Crippen molar-refractivity contribution >= 4 is 39.2 Å². The Labute approximate surface area is 175 Å². The van der Waals surface area contributed by atoms with Crippen molar-refractivity contribution in [2.45, 2.75) is 6.92 Å². The van der Waals surface area contributed by atoms with E-state index in [1.165, 1.54) is 0 Å². The van der Waals surface area contributed by atoms with E-state index in [9.17, 15) is 9.59 Å². The molecular weight excluding hydrogens is 412 g/mol. The van der Waals surface area contributed by atoms with Crippen molar-refractivity contribution in [3.05, 3.63) is 81.0 Å². The second-order valence-corrected chi connectivity index (χ2v) is 7.68. The van der Waals surface area contributed by atoms with Gasteiger partial charge in [-0.25, -0.2) is 9.59 Å². The summed E-state index contributed by atoms with van der Waals surface area (Å²) in [6.07, 6.45) is 0. The van der Waals surface area contributed by atoms with Crippen LogP contribution in [0.1, 0.15) is 5.56 Å². The fraction of sp³-hybridized carbons (Fsp3) is 0.0909. The molecule has 0 aliphatic rings. The number of carbonyl (C=O) groups excluding carboxylic acids is 1. The van der Waals surface area contributed by atoms with E-state index < -0.39 is 10.9 Å². The lowest BCUT2D eigenvalue weighted by molar-refractivity contribution is -0.136. The first kappa shape index (κ1) is 19.2. The molecule has 0 unspecified atom stereocenters. The molecule has 0 atom stereocenters. The fourth-order valence-corrected chi connectivity index (χ4v) is 3.78. The molecule has 5 nitrogen and oxygen atoms in total. The highest BCUT2D eigenvalue weighted by molar-refractivity contribution is 7.16. The van der Waals surface area contributed by atoms with Gasteiger partial charge in [0.2, 0.25) is 0 Å². The van der Waals surface area contributed by atoms with E-state index in [2.05, 4.69) is 0 Å². The molecule has 0 bridgehead atoms. The molecule has 0 amide bonds. The first-order valence-corrected chi connectivity index (χ1v) is 9.92. The van der Waals surface area contributed by atoms with Gasteiger partial charge in [-0.1, -0.05) is 52.8 Å². The molecule has 0 radical (unpaired) electrons. The minimum absolute atomic E-state index is 0.247. The van der Waals surface area contributed by atoms with Crippen LogP contribution in [0.2, 0.25) is 5.02 Å². The van der Waals surface area contributed by atoms with Crippen LogP contribution in [0.25, 0.3) is 21.4 Å². The highest BCUT2D eigenvalue weighted by atomic mass is 35.5. The molecule has 1 heterocycles. The van der Waals surface area contributed by atoms with Gasteiger partial charge in [-0.2, -0.15) is 0 Å². The van der Waals surface area contributed by atoms with Crippen LogP contribution in [0, 0.1) is 6.92 Å². The van der Waals surface area contributed by atoms with E-state index in [0.29, 0.717) is 32.4 Å². The maximum atomic E-state index is 12.4. The van der Waals surface area contributed by atoms with Crippen molar-refractivity contribution in [1.82, 2.24) is 0 Å². The predicted molar refractivity (Wildman–Crippen MR) is 113 cm³/mol. The summed E-state index contributed by atoms with van der Waals surface area (Å²) in [5.41, 5.74) is 2.87. The topological polar surface area (TPSA) is 65.7 Å². The molecule has 0 N–H and O–H groups in total. The zero-order chi connectivity index (χ0) is 20.4. The van der Waals surface area contributed by atoms with E-state index in [1.54, 1.807) is 48.5 Å². The summed E-state index contributed by atoms with van der Waals surface area (Å²) in [6.45, 7) is 1.72. The minimum atomic E-state index is -0.559. The van der Waals surface area contributed by atoms with Gasteiger partial charge >= 0.3 is 10.9 Å². The van der Waals surface area contributed by atoms with Crippen LogP contribution >= 0.6 is 22.9 Å². The van der Waals surface area contributed by atoms with Gasteiger partial charge in [-0.05, 0) is 48.9 Å². The third-order valence-electron chi connectivity index (χ3n) is 4.20. The molecule has 0 saturated heterocycles. The van der Waals surface area contributed by atoms with E-state index in [1.807, 2.05) is 19.1 Å². The Kier molecular flexibility index (Phi) is 5.38. The Morgan fingerprint density at radius 2 is 1.76 bits per heavy atom. The summed E-state index contributed by atoms with van der Waals surface area (Å²) in [4.78, 5) is 23.7. The van der Waals surface area contributed by atoms with Gasteiger partial charge in [-0.15, -0.1) is 0 Å². The molecule has 0 aliphatic heterocycles. The number of esters is 1. The minimum Gasteiger partial charge on any atom is -0.482 e. The third kappa shape index (κ3) is 4.34. The first-order chi connectivity index (χ1) is 14.0. The normalized spacial score (nSPS) is 10.8. The Morgan fingerprint density at radius 3 is 2.48 bits per heavy atom. The lowest BCUT2D eigenvalue weighted by Gasteiger charge is -2.12. The van der Waals surface area contributed by atoms with Crippen LogP contribution in [0.3, 0.4) is 0 Å². The maximum Gasteiger partial charge on any atom is 0.396 e. The molecule has 1 aromatic heterocycles. The van der Waals surface area contributed by atoms with Gasteiger partial charge in [0.1, 0.15) is 17.1 Å². The van der Waals surface area contributed by atoms with E-state index in [-0.39, 0.29) is 6.61 Å². The monoisotopic (exact) mass is 426 g/mol. The number of fused-ring (bicyclic) bond motifs is 1. The Morgan fingerprint density at radius 1 is 1.03 bits per heavy atom. The molecule has 0 saturated carbocycles. The smallest absolute Gasteiger partial charge is 0.396 e. The van der Waals surface area contributed by atoms with Crippen LogP contribution in [-0.2, 0) is 4.79 Å².